The highest BCUT2D eigenvalue weighted by Crippen LogP contribution is 2.65. The Morgan fingerprint density at radius 3 is 2.31 bits per heavy atom. The van der Waals surface area contributed by atoms with Crippen LogP contribution in [0.2, 0.25) is 0 Å². The van der Waals surface area contributed by atoms with E-state index in [4.69, 9.17) is 4.74 Å². The molecule has 1 saturated heterocycles. The van der Waals surface area contributed by atoms with Gasteiger partial charge in [-0.2, -0.15) is 0 Å². The summed E-state index contributed by atoms with van der Waals surface area (Å²) in [5.41, 5.74) is 1.43. The third kappa shape index (κ3) is 3.09. The highest BCUT2D eigenvalue weighted by molar-refractivity contribution is 6.09. The van der Waals surface area contributed by atoms with Crippen LogP contribution in [-0.2, 0) is 20.8 Å². The van der Waals surface area contributed by atoms with E-state index in [1.165, 1.54) is 4.90 Å². The topological polar surface area (TPSA) is 76.6 Å². The lowest BCUT2D eigenvalue weighted by molar-refractivity contribution is -0.153. The molecule has 174 valence electrons. The van der Waals surface area contributed by atoms with Crippen molar-refractivity contribution in [1.82, 2.24) is 9.88 Å². The maximum absolute atomic E-state index is 13.8. The fourth-order valence-corrected chi connectivity index (χ4v) is 6.74. The minimum Gasteiger partial charge on any atom is -0.423 e. The first kappa shape index (κ1) is 20.6. The van der Waals surface area contributed by atoms with Crippen molar-refractivity contribution in [1.29, 1.82) is 0 Å². The fraction of sp³-hybridized carbons (Fsp3) is 0.310. The Morgan fingerprint density at radius 2 is 1.60 bits per heavy atom. The summed E-state index contributed by atoms with van der Waals surface area (Å²) in [6.45, 7) is 0. The van der Waals surface area contributed by atoms with Crippen LogP contribution in [0.15, 0.2) is 79.0 Å². The molecule has 35 heavy (non-hydrogen) atoms. The van der Waals surface area contributed by atoms with Crippen LogP contribution in [-0.4, -0.2) is 33.7 Å². The maximum Gasteiger partial charge on any atom is 0.335 e. The molecule has 2 saturated carbocycles. The average Bonchev–Trinajstić information content (AvgIpc) is 3.67. The van der Waals surface area contributed by atoms with Gasteiger partial charge in [-0.3, -0.25) is 19.5 Å². The number of fused-ring (bicyclic) bond motifs is 1. The van der Waals surface area contributed by atoms with E-state index < -0.39 is 12.0 Å². The minimum absolute atomic E-state index is 0.104. The fourth-order valence-electron chi connectivity index (χ4n) is 6.74. The van der Waals surface area contributed by atoms with Crippen molar-refractivity contribution in [3.05, 3.63) is 84.6 Å². The van der Waals surface area contributed by atoms with Crippen LogP contribution in [0.3, 0.4) is 0 Å². The molecule has 4 aliphatic carbocycles. The van der Waals surface area contributed by atoms with Crippen molar-refractivity contribution < 1.29 is 19.1 Å². The molecular formula is C29H24N2O4. The second-order valence-corrected chi connectivity index (χ2v) is 10.2. The van der Waals surface area contributed by atoms with Crippen LogP contribution in [0.25, 0.3) is 10.9 Å². The summed E-state index contributed by atoms with van der Waals surface area (Å²) in [4.78, 5) is 46.8. The molecular weight excluding hydrogens is 440 g/mol. The molecule has 2 aromatic carbocycles. The Balaban J connectivity index is 1.25. The molecule has 2 amide bonds. The molecule has 1 aromatic heterocycles. The van der Waals surface area contributed by atoms with Gasteiger partial charge in [0.15, 0.2) is 5.75 Å². The Kier molecular flexibility index (Phi) is 4.47. The van der Waals surface area contributed by atoms with Gasteiger partial charge in [-0.1, -0.05) is 60.7 Å². The summed E-state index contributed by atoms with van der Waals surface area (Å²) in [5, 5.41) is 0.846. The largest absolute Gasteiger partial charge is 0.423 e. The van der Waals surface area contributed by atoms with Crippen molar-refractivity contribution >= 4 is 28.7 Å². The number of carbonyl (C=O) groups excluding carboxylic acids is 3. The third-order valence-electron chi connectivity index (χ3n) is 8.36. The van der Waals surface area contributed by atoms with E-state index in [1.807, 2.05) is 48.5 Å². The quantitative estimate of drug-likeness (QED) is 0.248. The monoisotopic (exact) mass is 464 g/mol. The van der Waals surface area contributed by atoms with Gasteiger partial charge in [0.25, 0.3) is 0 Å². The summed E-state index contributed by atoms with van der Waals surface area (Å²) in [6.07, 6.45) is 7.24. The number of hydrogen-bond donors (Lipinski definition) is 0. The molecule has 1 aliphatic heterocycles. The zero-order chi connectivity index (χ0) is 23.7. The highest BCUT2D eigenvalue weighted by atomic mass is 16.5. The number of hydrogen-bond acceptors (Lipinski definition) is 5. The summed E-state index contributed by atoms with van der Waals surface area (Å²) >= 11 is 0. The number of likely N-dealkylation sites (tertiary alicyclic amines) is 1. The van der Waals surface area contributed by atoms with Gasteiger partial charge >= 0.3 is 5.97 Å². The normalized spacial score (nSPS) is 30.8. The lowest BCUT2D eigenvalue weighted by Crippen LogP contribution is -2.48. The number of rotatable bonds is 5. The number of pyridine rings is 1. The first-order valence-corrected chi connectivity index (χ1v) is 12.3. The number of aromatic nitrogens is 1. The van der Waals surface area contributed by atoms with Crippen molar-refractivity contribution in [3.8, 4) is 5.75 Å². The van der Waals surface area contributed by atoms with Gasteiger partial charge in [0.2, 0.25) is 11.8 Å². The number of imide groups is 1. The number of ether oxygens (including phenoxy) is 1. The number of benzene rings is 2. The minimum atomic E-state index is -1.03. The molecule has 2 heterocycles. The second kappa shape index (κ2) is 7.60. The van der Waals surface area contributed by atoms with Crippen molar-refractivity contribution in [2.24, 2.45) is 35.5 Å². The lowest BCUT2D eigenvalue weighted by atomic mass is 9.63. The Labute approximate surface area is 202 Å². The van der Waals surface area contributed by atoms with E-state index in [2.05, 4.69) is 17.1 Å². The summed E-state index contributed by atoms with van der Waals surface area (Å²) in [7, 11) is 0. The van der Waals surface area contributed by atoms with E-state index in [0.717, 1.165) is 17.4 Å². The number of amides is 2. The zero-order valence-electron chi connectivity index (χ0n) is 19.0. The van der Waals surface area contributed by atoms with Crippen LogP contribution in [0.4, 0.5) is 0 Å². The van der Waals surface area contributed by atoms with Gasteiger partial charge < -0.3 is 4.74 Å². The summed E-state index contributed by atoms with van der Waals surface area (Å²) in [5.74, 6) is -0.230. The Bertz CT molecular complexity index is 1360. The number of carbonyl (C=O) groups is 3. The molecule has 0 unspecified atom stereocenters. The molecule has 5 aliphatic rings. The molecule has 3 aromatic rings. The first-order chi connectivity index (χ1) is 17.1. The van der Waals surface area contributed by atoms with Crippen LogP contribution < -0.4 is 4.74 Å². The molecule has 0 radical (unpaired) electrons. The van der Waals surface area contributed by atoms with Crippen LogP contribution in [0.5, 0.6) is 5.75 Å². The third-order valence-corrected chi connectivity index (χ3v) is 8.36. The number of nitrogens with zero attached hydrogens (tertiary/aromatic N) is 2. The molecule has 3 fully saturated rings. The van der Waals surface area contributed by atoms with E-state index in [1.54, 1.807) is 18.3 Å². The smallest absolute Gasteiger partial charge is 0.335 e. The average molecular weight is 465 g/mol. The van der Waals surface area contributed by atoms with Crippen molar-refractivity contribution in [2.75, 3.05) is 0 Å². The standard InChI is InChI=1S/C29H24N2O4/c32-27-24-18-11-12-19(21-15-20(18)21)25(24)28(33)31(27)22(14-16-6-2-1-3-7-16)29(34)35-23-10-4-8-17-9-5-13-30-26(17)23/h1-13,18-22,24-25H,14-15H2/t18-,19-,20-,21-,22+,24-,25+/m1/s1. The van der Waals surface area contributed by atoms with Gasteiger partial charge in [0.1, 0.15) is 11.6 Å². The van der Waals surface area contributed by atoms with E-state index in [9.17, 15) is 14.4 Å². The first-order valence-electron chi connectivity index (χ1n) is 12.3. The van der Waals surface area contributed by atoms with Crippen molar-refractivity contribution in [3.63, 3.8) is 0 Å². The van der Waals surface area contributed by atoms with E-state index in [-0.39, 0.29) is 41.9 Å². The Hall–Kier alpha value is -3.80. The van der Waals surface area contributed by atoms with E-state index in [0.29, 0.717) is 23.1 Å². The van der Waals surface area contributed by atoms with Gasteiger partial charge in [0.05, 0.1) is 11.8 Å². The van der Waals surface area contributed by atoms with Gasteiger partial charge in [-0.25, -0.2) is 4.79 Å². The van der Waals surface area contributed by atoms with Crippen LogP contribution in [0, 0.1) is 35.5 Å². The number of esters is 1. The number of para-hydroxylation sites is 1. The molecule has 8 rings (SSSR count). The molecule has 2 bridgehead atoms. The second-order valence-electron chi connectivity index (χ2n) is 10.2. The predicted molar refractivity (Wildman–Crippen MR) is 128 cm³/mol. The molecule has 0 spiro atoms. The molecule has 6 heteroatoms. The van der Waals surface area contributed by atoms with Crippen molar-refractivity contribution in [2.45, 2.75) is 18.9 Å². The van der Waals surface area contributed by atoms with Crippen LogP contribution >= 0.6 is 0 Å². The molecule has 7 atom stereocenters. The zero-order valence-corrected chi connectivity index (χ0v) is 19.0. The van der Waals surface area contributed by atoms with Gasteiger partial charge in [-0.05, 0) is 47.8 Å². The maximum atomic E-state index is 13.8. The van der Waals surface area contributed by atoms with E-state index >= 15 is 0 Å². The molecule has 0 N–H and O–H groups in total. The molecule has 6 nitrogen and oxygen atoms in total. The van der Waals surface area contributed by atoms with Gasteiger partial charge in [0, 0.05) is 18.0 Å². The van der Waals surface area contributed by atoms with Gasteiger partial charge in [-0.15, -0.1) is 0 Å². The summed E-state index contributed by atoms with van der Waals surface area (Å²) in [6, 6.07) is 17.6. The predicted octanol–water partition coefficient (Wildman–Crippen LogP) is 3.80. The lowest BCUT2D eigenvalue weighted by Gasteiger charge is -2.37. The van der Waals surface area contributed by atoms with Crippen LogP contribution in [0.1, 0.15) is 12.0 Å². The number of allylic oxidation sites excluding steroid dienone is 2. The summed E-state index contributed by atoms with van der Waals surface area (Å²) < 4.78 is 5.86. The SMILES string of the molecule is O=C(Oc1cccc2cccnc12)[C@H](Cc1ccccc1)N1C(=O)[C@@H]2[C@@H]3C=C[C@H]([C@H]4C[C@H]34)[C@@H]2C1=O. The Morgan fingerprint density at radius 1 is 0.914 bits per heavy atom. The highest BCUT2D eigenvalue weighted by Gasteiger charge is 2.68.